The van der Waals surface area contributed by atoms with E-state index in [1.165, 1.54) is 0 Å². The Kier molecular flexibility index (Phi) is 4.56. The van der Waals surface area contributed by atoms with Crippen molar-refractivity contribution < 1.29 is 18.8 Å². The van der Waals surface area contributed by atoms with Crippen LogP contribution < -0.4 is 10.6 Å². The van der Waals surface area contributed by atoms with Crippen molar-refractivity contribution in [3.8, 4) is 11.3 Å². The molecule has 3 amide bonds. The quantitative estimate of drug-likeness (QED) is 0.770. The molecule has 0 bridgehead atoms. The molecule has 2 aromatic rings. The summed E-state index contributed by atoms with van der Waals surface area (Å²) >= 11 is 1.68. The lowest BCUT2D eigenvalue weighted by Gasteiger charge is -2.40. The third-order valence-electron chi connectivity index (χ3n) is 5.58. The average molecular weight is 412 g/mol. The van der Waals surface area contributed by atoms with Gasteiger partial charge >= 0.3 is 0 Å². The van der Waals surface area contributed by atoms with E-state index in [4.69, 9.17) is 4.42 Å². The second-order valence-corrected chi connectivity index (χ2v) is 8.33. The molecule has 4 heterocycles. The van der Waals surface area contributed by atoms with E-state index >= 15 is 0 Å². The monoisotopic (exact) mass is 412 g/mol. The fraction of sp³-hybridized carbons (Fsp3) is 0.350. The van der Waals surface area contributed by atoms with Crippen molar-refractivity contribution in [3.63, 3.8) is 0 Å². The van der Waals surface area contributed by atoms with E-state index in [1.807, 2.05) is 12.1 Å². The number of thioether (sulfide) groups is 1. The van der Waals surface area contributed by atoms with Gasteiger partial charge in [-0.05, 0) is 30.3 Å². The fourth-order valence-electron chi connectivity index (χ4n) is 4.02. The number of hydrogen-bond acceptors (Lipinski definition) is 6. The summed E-state index contributed by atoms with van der Waals surface area (Å²) in [6.45, 7) is 0.954. The summed E-state index contributed by atoms with van der Waals surface area (Å²) < 4.78 is 5.43. The van der Waals surface area contributed by atoms with E-state index in [2.05, 4.69) is 10.6 Å². The Morgan fingerprint density at radius 3 is 2.86 bits per heavy atom. The van der Waals surface area contributed by atoms with Gasteiger partial charge in [-0.2, -0.15) is 0 Å². The van der Waals surface area contributed by atoms with Crippen molar-refractivity contribution in [2.75, 3.05) is 36.6 Å². The first-order chi connectivity index (χ1) is 14.1. The normalized spacial score (nSPS) is 24.0. The second kappa shape index (κ2) is 7.23. The van der Waals surface area contributed by atoms with Crippen LogP contribution in [0.4, 0.5) is 5.69 Å². The maximum Gasteiger partial charge on any atom is 0.256 e. The Morgan fingerprint density at radius 1 is 1.21 bits per heavy atom. The first-order valence-corrected chi connectivity index (χ1v) is 10.7. The smallest absolute Gasteiger partial charge is 0.256 e. The van der Waals surface area contributed by atoms with Crippen LogP contribution in [-0.4, -0.2) is 70.9 Å². The third kappa shape index (κ3) is 3.20. The van der Waals surface area contributed by atoms with E-state index in [-0.39, 0.29) is 30.3 Å². The molecule has 2 atom stereocenters. The zero-order chi connectivity index (χ0) is 20.0. The van der Waals surface area contributed by atoms with Gasteiger partial charge in [0.25, 0.3) is 5.91 Å². The summed E-state index contributed by atoms with van der Waals surface area (Å²) in [7, 11) is 0. The van der Waals surface area contributed by atoms with Crippen LogP contribution in [-0.2, 0) is 9.59 Å². The minimum Gasteiger partial charge on any atom is -0.464 e. The molecule has 8 nitrogen and oxygen atoms in total. The Bertz CT molecular complexity index is 971. The highest BCUT2D eigenvalue weighted by atomic mass is 32.2. The van der Waals surface area contributed by atoms with Gasteiger partial charge in [-0.1, -0.05) is 0 Å². The molecular formula is C20H20N4O4S. The molecule has 2 N–H and O–H groups in total. The molecule has 9 heteroatoms. The number of furan rings is 1. The zero-order valence-corrected chi connectivity index (χ0v) is 16.4. The van der Waals surface area contributed by atoms with Crippen LogP contribution in [0.5, 0.6) is 0 Å². The highest BCUT2D eigenvalue weighted by molar-refractivity contribution is 7.99. The van der Waals surface area contributed by atoms with Gasteiger partial charge in [0, 0.05) is 30.3 Å². The maximum absolute atomic E-state index is 13.3. The Balaban J connectivity index is 1.42. The maximum atomic E-state index is 13.3. The summed E-state index contributed by atoms with van der Waals surface area (Å²) in [4.78, 5) is 42.2. The predicted octanol–water partition coefficient (Wildman–Crippen LogP) is 1.21. The van der Waals surface area contributed by atoms with Gasteiger partial charge in [0.15, 0.2) is 0 Å². The topological polar surface area (TPSA) is 94.9 Å². The van der Waals surface area contributed by atoms with Gasteiger partial charge in [-0.3, -0.25) is 19.7 Å². The standard InChI is InChI=1S/C20H20N4O4S/c25-18-16-9-23(20(27)15-10-29-11-21-15)5-6-24(16)19(26)13-8-12(3-4-14(13)22-18)17-2-1-7-28-17/h1-4,7-8,15-16,21H,5-6,9-11H2,(H,22,25)/t15-,16+/m0/s1. The number of nitrogens with zero attached hydrogens (tertiary/aromatic N) is 2. The molecule has 3 aliphatic rings. The molecule has 2 saturated heterocycles. The molecule has 1 aromatic carbocycles. The molecular weight excluding hydrogens is 392 g/mol. The lowest BCUT2D eigenvalue weighted by atomic mass is 10.0. The lowest BCUT2D eigenvalue weighted by Crippen LogP contribution is -2.61. The number of amides is 3. The highest BCUT2D eigenvalue weighted by Gasteiger charge is 2.41. The predicted molar refractivity (Wildman–Crippen MR) is 108 cm³/mol. The van der Waals surface area contributed by atoms with Crippen LogP contribution in [0.25, 0.3) is 11.3 Å². The Hall–Kier alpha value is -2.78. The summed E-state index contributed by atoms with van der Waals surface area (Å²) in [5.74, 6) is 1.66. The number of rotatable bonds is 2. The van der Waals surface area contributed by atoms with Crippen LogP contribution in [0.2, 0.25) is 0 Å². The third-order valence-corrected chi connectivity index (χ3v) is 6.52. The number of anilines is 1. The first-order valence-electron chi connectivity index (χ1n) is 9.51. The largest absolute Gasteiger partial charge is 0.464 e. The molecule has 0 unspecified atom stereocenters. The summed E-state index contributed by atoms with van der Waals surface area (Å²) in [6, 6.07) is 7.98. The van der Waals surface area contributed by atoms with E-state index < -0.39 is 6.04 Å². The van der Waals surface area contributed by atoms with Gasteiger partial charge in [0.2, 0.25) is 11.8 Å². The number of fused-ring (bicyclic) bond motifs is 2. The summed E-state index contributed by atoms with van der Waals surface area (Å²) in [6.07, 6.45) is 1.58. The minimum absolute atomic E-state index is 0.00299. The highest BCUT2D eigenvalue weighted by Crippen LogP contribution is 2.30. The first kappa shape index (κ1) is 18.3. The molecule has 150 valence electrons. The van der Waals surface area contributed by atoms with Gasteiger partial charge in [0.05, 0.1) is 30.1 Å². The molecule has 5 rings (SSSR count). The number of carbonyl (C=O) groups is 3. The second-order valence-electron chi connectivity index (χ2n) is 7.30. The van der Waals surface area contributed by atoms with Gasteiger partial charge < -0.3 is 19.5 Å². The van der Waals surface area contributed by atoms with Gasteiger partial charge in [-0.15, -0.1) is 11.8 Å². The number of carbonyl (C=O) groups excluding carboxylic acids is 3. The molecule has 2 fully saturated rings. The van der Waals surface area contributed by atoms with E-state index in [0.29, 0.717) is 30.1 Å². The van der Waals surface area contributed by atoms with Crippen molar-refractivity contribution in [1.82, 2.24) is 15.1 Å². The van der Waals surface area contributed by atoms with E-state index in [9.17, 15) is 14.4 Å². The van der Waals surface area contributed by atoms with Crippen molar-refractivity contribution >= 4 is 35.2 Å². The zero-order valence-electron chi connectivity index (χ0n) is 15.6. The van der Waals surface area contributed by atoms with Crippen LogP contribution in [0, 0.1) is 0 Å². The molecule has 0 spiro atoms. The Labute approximate surface area is 171 Å². The molecule has 0 radical (unpaired) electrons. The lowest BCUT2D eigenvalue weighted by molar-refractivity contribution is -0.137. The van der Waals surface area contributed by atoms with Crippen molar-refractivity contribution in [3.05, 3.63) is 42.2 Å². The summed E-state index contributed by atoms with van der Waals surface area (Å²) in [5.41, 5.74) is 1.69. The van der Waals surface area contributed by atoms with E-state index in [0.717, 1.165) is 17.2 Å². The van der Waals surface area contributed by atoms with Gasteiger partial charge in [0.1, 0.15) is 11.8 Å². The molecule has 29 heavy (non-hydrogen) atoms. The minimum atomic E-state index is -0.700. The molecule has 0 saturated carbocycles. The van der Waals surface area contributed by atoms with Crippen molar-refractivity contribution in [2.24, 2.45) is 0 Å². The number of nitrogens with one attached hydrogen (secondary N) is 2. The van der Waals surface area contributed by atoms with Crippen LogP contribution in [0.3, 0.4) is 0 Å². The van der Waals surface area contributed by atoms with Crippen LogP contribution in [0.15, 0.2) is 41.0 Å². The van der Waals surface area contributed by atoms with E-state index in [1.54, 1.807) is 46.0 Å². The number of hydrogen-bond donors (Lipinski definition) is 2. The number of piperazine rings is 1. The van der Waals surface area contributed by atoms with Crippen molar-refractivity contribution in [1.29, 1.82) is 0 Å². The molecule has 0 aliphatic carbocycles. The average Bonchev–Trinajstić information content (AvgIpc) is 3.45. The Morgan fingerprint density at radius 2 is 2.10 bits per heavy atom. The fourth-order valence-corrected chi connectivity index (χ4v) is 4.95. The van der Waals surface area contributed by atoms with Gasteiger partial charge in [-0.25, -0.2) is 0 Å². The van der Waals surface area contributed by atoms with Crippen molar-refractivity contribution in [2.45, 2.75) is 12.1 Å². The van der Waals surface area contributed by atoms with Crippen LogP contribution in [0.1, 0.15) is 10.4 Å². The summed E-state index contributed by atoms with van der Waals surface area (Å²) in [5, 5.41) is 6.04. The SMILES string of the molecule is O=C1Nc2ccc(-c3ccco3)cc2C(=O)N2CCN(C(=O)[C@@H]3CSCN3)C[C@H]12. The van der Waals surface area contributed by atoms with Crippen LogP contribution >= 0.6 is 11.8 Å². The number of benzene rings is 1. The molecule has 3 aliphatic heterocycles. The molecule has 1 aromatic heterocycles.